The van der Waals surface area contributed by atoms with E-state index in [9.17, 15) is 14.4 Å². The number of thioether (sulfide) groups is 1. The minimum absolute atomic E-state index is 0.0457. The predicted molar refractivity (Wildman–Crippen MR) is 158 cm³/mol. The van der Waals surface area contributed by atoms with Crippen LogP contribution < -0.4 is 5.32 Å². The van der Waals surface area contributed by atoms with Crippen LogP contribution in [0.5, 0.6) is 0 Å². The first-order chi connectivity index (χ1) is 17.6. The van der Waals surface area contributed by atoms with E-state index in [4.69, 9.17) is 4.74 Å². The van der Waals surface area contributed by atoms with Crippen molar-refractivity contribution in [3.8, 4) is 0 Å². The Morgan fingerprint density at radius 1 is 1.16 bits per heavy atom. The number of benzene rings is 1. The second-order valence-corrected chi connectivity index (χ2v) is 13.1. The fourth-order valence-electron chi connectivity index (χ4n) is 4.26. The maximum absolute atomic E-state index is 13.6. The average Bonchev–Trinajstić information content (AvgIpc) is 3.09. The van der Waals surface area contributed by atoms with Gasteiger partial charge in [-0.05, 0) is 45.7 Å². The van der Waals surface area contributed by atoms with Crippen molar-refractivity contribution in [3.05, 3.63) is 47.5 Å². The average molecular weight is 548 g/mol. The SMILES string of the molecule is CCC.CCOC(=O)/C(C)=C/CN(C)C(=O)C(NC(=O)C1N(C)C(c2ccccc2)SC1(C)C)C(C)(C)C. The second-order valence-electron chi connectivity index (χ2n) is 11.4. The zero-order chi connectivity index (χ0) is 29.3. The molecule has 214 valence electrons. The monoisotopic (exact) mass is 547 g/mol. The molecule has 8 heteroatoms. The lowest BCUT2D eigenvalue weighted by atomic mass is 9.85. The van der Waals surface area contributed by atoms with Gasteiger partial charge < -0.3 is 15.0 Å². The largest absolute Gasteiger partial charge is 0.463 e. The van der Waals surface area contributed by atoms with Gasteiger partial charge in [0, 0.05) is 23.9 Å². The highest BCUT2D eigenvalue weighted by Gasteiger charge is 2.50. The number of nitrogens with zero attached hydrogens (tertiary/aromatic N) is 2. The number of esters is 1. The van der Waals surface area contributed by atoms with Crippen molar-refractivity contribution in [1.29, 1.82) is 0 Å². The van der Waals surface area contributed by atoms with Crippen molar-refractivity contribution in [2.24, 2.45) is 5.41 Å². The number of rotatable bonds is 8. The number of ether oxygens (including phenoxy) is 1. The smallest absolute Gasteiger partial charge is 0.333 e. The number of amides is 2. The topological polar surface area (TPSA) is 79.0 Å². The lowest BCUT2D eigenvalue weighted by molar-refractivity contribution is -0.140. The highest BCUT2D eigenvalue weighted by molar-refractivity contribution is 8.01. The van der Waals surface area contributed by atoms with Crippen LogP contribution in [0.4, 0.5) is 0 Å². The Balaban J connectivity index is 0.00000229. The van der Waals surface area contributed by atoms with Crippen molar-refractivity contribution in [2.75, 3.05) is 27.2 Å². The minimum atomic E-state index is -0.721. The van der Waals surface area contributed by atoms with Gasteiger partial charge in [0.05, 0.1) is 12.0 Å². The summed E-state index contributed by atoms with van der Waals surface area (Å²) in [4.78, 5) is 42.6. The zero-order valence-corrected chi connectivity index (χ0v) is 26.1. The fraction of sp³-hybridized carbons (Fsp3) is 0.633. The van der Waals surface area contributed by atoms with Gasteiger partial charge in [-0.2, -0.15) is 0 Å². The Morgan fingerprint density at radius 3 is 2.21 bits per heavy atom. The molecule has 0 saturated carbocycles. The van der Waals surface area contributed by atoms with Gasteiger partial charge in [0.2, 0.25) is 11.8 Å². The van der Waals surface area contributed by atoms with Crippen LogP contribution in [0.25, 0.3) is 0 Å². The third-order valence-electron chi connectivity index (χ3n) is 6.23. The third kappa shape index (κ3) is 9.16. The maximum Gasteiger partial charge on any atom is 0.333 e. The minimum Gasteiger partial charge on any atom is -0.463 e. The third-order valence-corrected chi connectivity index (χ3v) is 7.89. The quantitative estimate of drug-likeness (QED) is 0.346. The van der Waals surface area contributed by atoms with Crippen LogP contribution >= 0.6 is 11.8 Å². The van der Waals surface area contributed by atoms with Gasteiger partial charge in [-0.1, -0.05) is 77.4 Å². The summed E-state index contributed by atoms with van der Waals surface area (Å²) in [7, 11) is 3.64. The molecule has 3 atom stereocenters. The molecule has 2 rings (SSSR count). The van der Waals surface area contributed by atoms with E-state index in [2.05, 4.69) is 50.0 Å². The summed E-state index contributed by atoms with van der Waals surface area (Å²) in [6.45, 7) is 18.2. The lowest BCUT2D eigenvalue weighted by Gasteiger charge is -2.36. The molecule has 1 aromatic carbocycles. The zero-order valence-electron chi connectivity index (χ0n) is 25.3. The Hall–Kier alpha value is -2.32. The van der Waals surface area contributed by atoms with Crippen molar-refractivity contribution >= 4 is 29.5 Å². The molecule has 1 saturated heterocycles. The van der Waals surface area contributed by atoms with Crippen molar-refractivity contribution < 1.29 is 19.1 Å². The first-order valence-electron chi connectivity index (χ1n) is 13.5. The van der Waals surface area contributed by atoms with Crippen molar-refractivity contribution in [3.63, 3.8) is 0 Å². The molecule has 1 fully saturated rings. The van der Waals surface area contributed by atoms with Gasteiger partial charge in [0.1, 0.15) is 12.1 Å². The summed E-state index contributed by atoms with van der Waals surface area (Å²) in [5.41, 5.74) is 1.09. The molecule has 2 amide bonds. The van der Waals surface area contributed by atoms with Crippen LogP contribution in [0, 0.1) is 5.41 Å². The van der Waals surface area contributed by atoms with Crippen LogP contribution in [-0.2, 0) is 19.1 Å². The molecule has 0 aliphatic carbocycles. The molecule has 0 radical (unpaired) electrons. The standard InChI is InChI=1S/C27H41N3O4S.C3H8/c1-10-34-25(33)18(2)16-17-29(8)23(32)20(26(3,4)5)28-22(31)21-27(6,7)35-24(30(21)9)19-14-12-11-13-15-19;1-3-2/h11-16,20-21,24H,10,17H2,1-9H3,(H,28,31);3H2,1-2H3/b18-16+;. The van der Waals surface area contributed by atoms with E-state index in [-0.39, 0.29) is 28.5 Å². The van der Waals surface area contributed by atoms with Crippen molar-refractivity contribution in [1.82, 2.24) is 15.1 Å². The Kier molecular flexibility index (Phi) is 13.1. The molecule has 1 heterocycles. The molecule has 1 N–H and O–H groups in total. The van der Waals surface area contributed by atoms with Crippen LogP contribution in [0.3, 0.4) is 0 Å². The molecule has 1 aliphatic heterocycles. The molecule has 0 bridgehead atoms. The van der Waals surface area contributed by atoms with Crippen LogP contribution in [0.2, 0.25) is 0 Å². The first kappa shape index (κ1) is 33.7. The van der Waals surface area contributed by atoms with E-state index in [1.54, 1.807) is 38.7 Å². The summed E-state index contributed by atoms with van der Waals surface area (Å²) in [6, 6.07) is 9.02. The number of hydrogen-bond acceptors (Lipinski definition) is 6. The number of carbonyl (C=O) groups excluding carboxylic acids is 3. The van der Waals surface area contributed by atoms with Crippen molar-refractivity contribution in [2.45, 2.75) is 90.9 Å². The number of hydrogen-bond donors (Lipinski definition) is 1. The summed E-state index contributed by atoms with van der Waals surface area (Å²) in [6.07, 6.45) is 2.92. The van der Waals surface area contributed by atoms with Crippen LogP contribution in [0.1, 0.15) is 79.7 Å². The number of likely N-dealkylation sites (N-methyl/N-ethyl adjacent to an activating group) is 2. The van der Waals surface area contributed by atoms with Gasteiger partial charge in [0.15, 0.2) is 0 Å². The molecule has 0 aromatic heterocycles. The first-order valence-corrected chi connectivity index (χ1v) is 14.3. The molecular weight excluding hydrogens is 498 g/mol. The lowest BCUT2D eigenvalue weighted by Crippen LogP contribution is -2.59. The highest BCUT2D eigenvalue weighted by atomic mass is 32.2. The van der Waals surface area contributed by atoms with E-state index < -0.39 is 23.5 Å². The molecule has 1 aromatic rings. The second kappa shape index (κ2) is 14.7. The summed E-state index contributed by atoms with van der Waals surface area (Å²) in [5, 5.41) is 3.12. The van der Waals surface area contributed by atoms with Crippen LogP contribution in [0.15, 0.2) is 42.0 Å². The van der Waals surface area contributed by atoms with Crippen LogP contribution in [-0.4, -0.2) is 71.7 Å². The van der Waals surface area contributed by atoms with Gasteiger partial charge >= 0.3 is 5.97 Å². The van der Waals surface area contributed by atoms with E-state index in [1.165, 1.54) is 11.3 Å². The Morgan fingerprint density at radius 2 is 1.71 bits per heavy atom. The summed E-state index contributed by atoms with van der Waals surface area (Å²) >= 11 is 1.75. The Bertz CT molecular complexity index is 956. The van der Waals surface area contributed by atoms with E-state index in [0.29, 0.717) is 12.2 Å². The molecule has 7 nitrogen and oxygen atoms in total. The van der Waals surface area contributed by atoms with Gasteiger partial charge in [-0.3, -0.25) is 14.5 Å². The fourth-order valence-corrected chi connectivity index (χ4v) is 5.82. The normalized spacial score (nSPS) is 20.1. The predicted octanol–water partition coefficient (Wildman–Crippen LogP) is 5.43. The van der Waals surface area contributed by atoms with Gasteiger partial charge in [0.25, 0.3) is 0 Å². The summed E-state index contributed by atoms with van der Waals surface area (Å²) in [5.74, 6) is -0.765. The number of carbonyl (C=O) groups is 3. The molecule has 3 unspecified atom stereocenters. The van der Waals surface area contributed by atoms with E-state index in [0.717, 1.165) is 5.56 Å². The molecule has 1 aliphatic rings. The Labute approximate surface area is 234 Å². The van der Waals surface area contributed by atoms with Gasteiger partial charge in [-0.15, -0.1) is 11.8 Å². The van der Waals surface area contributed by atoms with E-state index >= 15 is 0 Å². The highest BCUT2D eigenvalue weighted by Crippen LogP contribution is 2.51. The molecular formula is C30H49N3O4S. The maximum atomic E-state index is 13.6. The van der Waals surface area contributed by atoms with Gasteiger partial charge in [-0.25, -0.2) is 4.79 Å². The molecule has 0 spiro atoms. The summed E-state index contributed by atoms with van der Waals surface area (Å²) < 4.78 is 4.65. The number of nitrogens with one attached hydrogen (secondary N) is 1. The molecule has 38 heavy (non-hydrogen) atoms. The van der Waals surface area contributed by atoms with E-state index in [1.807, 2.05) is 46.0 Å².